The van der Waals surface area contributed by atoms with Gasteiger partial charge in [-0.3, -0.25) is 9.59 Å². The van der Waals surface area contributed by atoms with Crippen LogP contribution in [-0.4, -0.2) is 11.9 Å². The quantitative estimate of drug-likeness (QED) is 0.801. The molecule has 76 valence electrons. The Hall–Kier alpha value is -0.330. The van der Waals surface area contributed by atoms with E-state index in [1.807, 2.05) is 20.8 Å². The molecule has 2 N–H and O–H groups in total. The van der Waals surface area contributed by atoms with Gasteiger partial charge in [-0.15, -0.1) is 0 Å². The molecule has 0 aromatic rings. The third-order valence-corrected chi connectivity index (χ3v) is 2.25. The Kier molecular flexibility index (Phi) is 4.66. The van der Waals surface area contributed by atoms with Gasteiger partial charge in [0.15, 0.2) is 23.0 Å². The zero-order chi connectivity index (χ0) is 10.6. The number of hydrogen-bond acceptors (Lipinski definition) is 3. The van der Waals surface area contributed by atoms with Crippen molar-refractivity contribution in [3.63, 3.8) is 0 Å². The van der Waals surface area contributed by atoms with Crippen molar-refractivity contribution in [1.82, 2.24) is 0 Å². The Bertz CT molecular complexity index is 210. The maximum Gasteiger partial charge on any atom is 0.319 e. The molecule has 0 spiro atoms. The Balaban J connectivity index is 4.56. The molecule has 0 aliphatic carbocycles. The second kappa shape index (κ2) is 4.78. The maximum absolute atomic E-state index is 11.3. The average molecular weight is 299 g/mol. The van der Waals surface area contributed by atoms with Crippen molar-refractivity contribution in [2.75, 3.05) is 0 Å². The van der Waals surface area contributed by atoms with Crippen LogP contribution in [0, 0.1) is 11.3 Å². The highest BCUT2D eigenvalue weighted by molar-refractivity contribution is 14.1. The van der Waals surface area contributed by atoms with E-state index in [2.05, 4.69) is 3.07 Å². The van der Waals surface area contributed by atoms with E-state index in [0.29, 0.717) is 0 Å². The Morgan fingerprint density at radius 1 is 1.46 bits per heavy atom. The van der Waals surface area contributed by atoms with E-state index in [1.54, 1.807) is 0 Å². The van der Waals surface area contributed by atoms with E-state index in [9.17, 15) is 9.59 Å². The summed E-state index contributed by atoms with van der Waals surface area (Å²) in [6, 6.07) is 0. The molecule has 1 unspecified atom stereocenters. The summed E-state index contributed by atoms with van der Waals surface area (Å²) < 4.78 is 4.56. The normalized spacial score (nSPS) is 13.5. The van der Waals surface area contributed by atoms with E-state index in [-0.39, 0.29) is 11.8 Å². The minimum absolute atomic E-state index is 0.0331. The molecule has 4 nitrogen and oxygen atoms in total. The number of carbonyl (C=O) groups is 2. The molecule has 0 aliphatic rings. The van der Waals surface area contributed by atoms with Gasteiger partial charge in [0.1, 0.15) is 0 Å². The van der Waals surface area contributed by atoms with Crippen molar-refractivity contribution in [1.29, 1.82) is 0 Å². The summed E-state index contributed by atoms with van der Waals surface area (Å²) >= 11 is 1.51. The number of amides is 1. The van der Waals surface area contributed by atoms with Crippen LogP contribution in [0.2, 0.25) is 0 Å². The van der Waals surface area contributed by atoms with Gasteiger partial charge in [0, 0.05) is 6.42 Å². The largest absolute Gasteiger partial charge is 0.394 e. The van der Waals surface area contributed by atoms with Gasteiger partial charge in [-0.25, -0.2) is 0 Å². The van der Waals surface area contributed by atoms with Crippen LogP contribution in [0.5, 0.6) is 0 Å². The monoisotopic (exact) mass is 299 g/mol. The summed E-state index contributed by atoms with van der Waals surface area (Å²) in [6.07, 6.45) is 0.0331. The first kappa shape index (κ1) is 12.7. The van der Waals surface area contributed by atoms with Crippen LogP contribution >= 0.6 is 23.0 Å². The molecule has 0 aliphatic heterocycles. The second-order valence-electron chi connectivity index (χ2n) is 3.99. The van der Waals surface area contributed by atoms with Crippen molar-refractivity contribution in [2.24, 2.45) is 17.1 Å². The average Bonchev–Trinajstić information content (AvgIpc) is 1.96. The third-order valence-electron chi connectivity index (χ3n) is 1.81. The number of rotatable bonds is 3. The highest BCUT2D eigenvalue weighted by Gasteiger charge is 2.33. The number of primary amides is 1. The van der Waals surface area contributed by atoms with Crippen molar-refractivity contribution in [3.05, 3.63) is 0 Å². The topological polar surface area (TPSA) is 69.4 Å². The fraction of sp³-hybridized carbons (Fsp3) is 0.750. The molecule has 1 atom stereocenters. The van der Waals surface area contributed by atoms with Crippen LogP contribution < -0.4 is 5.73 Å². The summed E-state index contributed by atoms with van der Waals surface area (Å²) in [4.78, 5) is 21.9. The Labute approximate surface area is 91.9 Å². The van der Waals surface area contributed by atoms with Gasteiger partial charge >= 0.3 is 5.97 Å². The van der Waals surface area contributed by atoms with Gasteiger partial charge < -0.3 is 8.80 Å². The van der Waals surface area contributed by atoms with Gasteiger partial charge in [0.05, 0.1) is 5.92 Å². The second-order valence-corrected chi connectivity index (χ2v) is 4.43. The van der Waals surface area contributed by atoms with Gasteiger partial charge in [0.25, 0.3) is 0 Å². The molecule has 0 fully saturated rings. The minimum atomic E-state index is -0.485. The van der Waals surface area contributed by atoms with Crippen LogP contribution in [-0.2, 0) is 12.7 Å². The van der Waals surface area contributed by atoms with Crippen LogP contribution in [0.25, 0.3) is 0 Å². The van der Waals surface area contributed by atoms with Crippen LogP contribution in [0.1, 0.15) is 27.2 Å². The SMILES string of the molecule is CC(C)(C)C(CC(N)=O)C(=O)OI. The minimum Gasteiger partial charge on any atom is -0.394 e. The summed E-state index contributed by atoms with van der Waals surface area (Å²) in [6.45, 7) is 5.61. The number of nitrogens with two attached hydrogens (primary N) is 1. The lowest BCUT2D eigenvalue weighted by molar-refractivity contribution is -0.142. The molecule has 0 heterocycles. The first-order valence-corrected chi connectivity index (χ1v) is 4.78. The van der Waals surface area contributed by atoms with Gasteiger partial charge in [-0.05, 0) is 5.41 Å². The molecule has 0 aromatic carbocycles. The van der Waals surface area contributed by atoms with Crippen molar-refractivity contribution < 1.29 is 12.7 Å². The molecule has 0 saturated heterocycles. The van der Waals surface area contributed by atoms with Crippen LogP contribution in [0.15, 0.2) is 0 Å². The van der Waals surface area contributed by atoms with Crippen LogP contribution in [0.4, 0.5) is 0 Å². The Morgan fingerprint density at radius 3 is 2.15 bits per heavy atom. The summed E-state index contributed by atoms with van der Waals surface area (Å²) in [5, 5.41) is 0. The van der Waals surface area contributed by atoms with E-state index in [0.717, 1.165) is 0 Å². The van der Waals surface area contributed by atoms with Crippen molar-refractivity contribution >= 4 is 34.9 Å². The lowest BCUT2D eigenvalue weighted by atomic mass is 9.79. The van der Waals surface area contributed by atoms with Gasteiger partial charge in [0.2, 0.25) is 5.91 Å². The highest BCUT2D eigenvalue weighted by atomic mass is 127. The van der Waals surface area contributed by atoms with Gasteiger partial charge in [-0.1, -0.05) is 20.8 Å². The van der Waals surface area contributed by atoms with E-state index in [4.69, 9.17) is 5.73 Å². The molecular weight excluding hydrogens is 285 g/mol. The fourth-order valence-electron chi connectivity index (χ4n) is 0.998. The van der Waals surface area contributed by atoms with E-state index >= 15 is 0 Å². The molecular formula is C8H14INO3. The third kappa shape index (κ3) is 4.44. The summed E-state index contributed by atoms with van der Waals surface area (Å²) in [5.41, 5.74) is 4.73. The molecule has 1 amide bonds. The molecule has 0 aromatic heterocycles. The number of hydrogen-bond donors (Lipinski definition) is 1. The standard InChI is InChI=1S/C8H14INO3/c1-8(2,3)5(4-6(10)11)7(12)13-9/h5H,4H2,1-3H3,(H2,10,11). The lowest BCUT2D eigenvalue weighted by Gasteiger charge is -2.26. The molecule has 0 saturated carbocycles. The lowest BCUT2D eigenvalue weighted by Crippen LogP contribution is -2.32. The molecule has 0 radical (unpaired) electrons. The smallest absolute Gasteiger partial charge is 0.319 e. The zero-order valence-electron chi connectivity index (χ0n) is 7.96. The van der Waals surface area contributed by atoms with Crippen molar-refractivity contribution in [3.8, 4) is 0 Å². The van der Waals surface area contributed by atoms with E-state index < -0.39 is 17.8 Å². The number of halogens is 1. The summed E-state index contributed by atoms with van der Waals surface area (Å²) in [5.74, 6) is -1.35. The van der Waals surface area contributed by atoms with E-state index in [1.165, 1.54) is 23.0 Å². The molecule has 0 rings (SSSR count). The molecule has 5 heteroatoms. The first-order chi connectivity index (χ1) is 5.79. The summed E-state index contributed by atoms with van der Waals surface area (Å²) in [7, 11) is 0. The fourth-order valence-corrected chi connectivity index (χ4v) is 1.30. The highest BCUT2D eigenvalue weighted by Crippen LogP contribution is 2.30. The zero-order valence-corrected chi connectivity index (χ0v) is 10.1. The predicted octanol–water partition coefficient (Wildman–Crippen LogP) is 1.42. The van der Waals surface area contributed by atoms with Crippen LogP contribution in [0.3, 0.4) is 0 Å². The number of carbonyl (C=O) groups excluding carboxylic acids is 2. The first-order valence-electron chi connectivity index (χ1n) is 3.89. The van der Waals surface area contributed by atoms with Gasteiger partial charge in [-0.2, -0.15) is 0 Å². The molecule has 0 bridgehead atoms. The van der Waals surface area contributed by atoms with Crippen molar-refractivity contribution in [2.45, 2.75) is 27.2 Å². The maximum atomic E-state index is 11.3. The Morgan fingerprint density at radius 2 is 1.92 bits per heavy atom. The predicted molar refractivity (Wildman–Crippen MR) is 56.9 cm³/mol. The molecule has 13 heavy (non-hydrogen) atoms.